The smallest absolute Gasteiger partial charge is 0.226 e. The second-order valence-corrected chi connectivity index (χ2v) is 6.15. The number of carbonyl (C=O) groups is 2. The third-order valence-electron chi connectivity index (χ3n) is 3.13. The molecule has 0 aliphatic carbocycles. The maximum atomic E-state index is 12.0. The summed E-state index contributed by atoms with van der Waals surface area (Å²) in [5, 5.41) is 12.0. The maximum absolute atomic E-state index is 12.0. The van der Waals surface area contributed by atoms with Crippen molar-refractivity contribution in [3.63, 3.8) is 0 Å². The van der Waals surface area contributed by atoms with Gasteiger partial charge in [-0.2, -0.15) is 0 Å². The fourth-order valence-electron chi connectivity index (χ4n) is 1.91. The number of ketones is 1. The molecule has 116 valence electrons. The lowest BCUT2D eigenvalue weighted by molar-refractivity contribution is -0.116. The fourth-order valence-corrected chi connectivity index (χ4v) is 2.77. The summed E-state index contributed by atoms with van der Waals surface area (Å²) in [6, 6.07) is 7.36. The SMILES string of the molecule is CCCc1nnc(NC(=O)CCC(=O)c2ccc(C)cc2)s1. The average molecular weight is 317 g/mol. The van der Waals surface area contributed by atoms with Gasteiger partial charge in [-0.05, 0) is 13.3 Å². The van der Waals surface area contributed by atoms with Crippen LogP contribution in [-0.2, 0) is 11.2 Å². The number of aryl methyl sites for hydroxylation is 2. The van der Waals surface area contributed by atoms with Gasteiger partial charge in [0.05, 0.1) is 0 Å². The molecule has 0 fully saturated rings. The summed E-state index contributed by atoms with van der Waals surface area (Å²) in [5.41, 5.74) is 1.74. The summed E-state index contributed by atoms with van der Waals surface area (Å²) in [5.74, 6) is -0.237. The molecule has 1 heterocycles. The molecular weight excluding hydrogens is 298 g/mol. The summed E-state index contributed by atoms with van der Waals surface area (Å²) < 4.78 is 0. The molecular formula is C16H19N3O2S. The average Bonchev–Trinajstić information content (AvgIpc) is 2.93. The zero-order valence-corrected chi connectivity index (χ0v) is 13.6. The number of carbonyl (C=O) groups excluding carboxylic acids is 2. The topological polar surface area (TPSA) is 72.0 Å². The van der Waals surface area contributed by atoms with Crippen molar-refractivity contribution in [2.45, 2.75) is 39.5 Å². The van der Waals surface area contributed by atoms with Crippen LogP contribution in [0.2, 0.25) is 0 Å². The molecule has 0 radical (unpaired) electrons. The van der Waals surface area contributed by atoms with E-state index in [2.05, 4.69) is 22.4 Å². The van der Waals surface area contributed by atoms with Gasteiger partial charge in [-0.3, -0.25) is 9.59 Å². The number of Topliss-reactive ketones (excluding diaryl/α,β-unsaturated/α-hetero) is 1. The van der Waals surface area contributed by atoms with Crippen LogP contribution in [0.4, 0.5) is 5.13 Å². The Kier molecular flexibility index (Phi) is 5.77. The normalized spacial score (nSPS) is 10.5. The summed E-state index contributed by atoms with van der Waals surface area (Å²) in [4.78, 5) is 23.8. The van der Waals surface area contributed by atoms with Crippen LogP contribution in [0.5, 0.6) is 0 Å². The Hall–Kier alpha value is -2.08. The standard InChI is InChI=1S/C16H19N3O2S/c1-3-4-15-18-19-16(22-15)17-14(21)10-9-13(20)12-7-5-11(2)6-8-12/h5-8H,3-4,9-10H2,1-2H3,(H,17,19,21). The molecule has 0 atom stereocenters. The molecule has 0 bridgehead atoms. The number of nitrogens with zero attached hydrogens (tertiary/aromatic N) is 2. The van der Waals surface area contributed by atoms with Crippen LogP contribution in [0.15, 0.2) is 24.3 Å². The van der Waals surface area contributed by atoms with E-state index in [4.69, 9.17) is 0 Å². The summed E-state index contributed by atoms with van der Waals surface area (Å²) in [7, 11) is 0. The van der Waals surface area contributed by atoms with Crippen LogP contribution < -0.4 is 5.32 Å². The third-order valence-corrected chi connectivity index (χ3v) is 4.03. The molecule has 1 aromatic carbocycles. The number of rotatable bonds is 7. The Morgan fingerprint density at radius 2 is 1.86 bits per heavy atom. The Labute approximate surface area is 133 Å². The number of aromatic nitrogens is 2. The number of benzene rings is 1. The van der Waals surface area contributed by atoms with E-state index in [1.165, 1.54) is 11.3 Å². The molecule has 5 nitrogen and oxygen atoms in total. The van der Waals surface area contributed by atoms with Crippen LogP contribution >= 0.6 is 11.3 Å². The molecule has 1 aromatic heterocycles. The van der Waals surface area contributed by atoms with Gasteiger partial charge in [0, 0.05) is 24.8 Å². The minimum Gasteiger partial charge on any atom is -0.301 e. The predicted octanol–water partition coefficient (Wildman–Crippen LogP) is 3.40. The predicted molar refractivity (Wildman–Crippen MR) is 87.3 cm³/mol. The number of anilines is 1. The van der Waals surface area contributed by atoms with Gasteiger partial charge in [0.2, 0.25) is 11.0 Å². The lowest BCUT2D eigenvalue weighted by Gasteiger charge is -2.02. The lowest BCUT2D eigenvalue weighted by atomic mass is 10.1. The summed E-state index contributed by atoms with van der Waals surface area (Å²) in [6.45, 7) is 4.03. The first-order chi connectivity index (χ1) is 10.6. The molecule has 0 aliphatic rings. The van der Waals surface area contributed by atoms with Gasteiger partial charge in [0.15, 0.2) is 5.78 Å². The second kappa shape index (κ2) is 7.79. The van der Waals surface area contributed by atoms with Gasteiger partial charge in [0.25, 0.3) is 0 Å². The first-order valence-corrected chi connectivity index (χ1v) is 8.12. The van der Waals surface area contributed by atoms with Gasteiger partial charge in [0.1, 0.15) is 5.01 Å². The van der Waals surface area contributed by atoms with Crippen molar-refractivity contribution in [1.29, 1.82) is 0 Å². The van der Waals surface area contributed by atoms with Gasteiger partial charge >= 0.3 is 0 Å². The van der Waals surface area contributed by atoms with E-state index in [0.29, 0.717) is 10.7 Å². The van der Waals surface area contributed by atoms with Gasteiger partial charge < -0.3 is 5.32 Å². The first kappa shape index (κ1) is 16.3. The second-order valence-electron chi connectivity index (χ2n) is 5.09. The zero-order valence-electron chi connectivity index (χ0n) is 12.8. The molecule has 0 saturated heterocycles. The van der Waals surface area contributed by atoms with Crippen LogP contribution in [0.3, 0.4) is 0 Å². The van der Waals surface area contributed by atoms with Crippen molar-refractivity contribution in [2.24, 2.45) is 0 Å². The summed E-state index contributed by atoms with van der Waals surface area (Å²) >= 11 is 1.38. The third kappa shape index (κ3) is 4.73. The quantitative estimate of drug-likeness (QED) is 0.794. The van der Waals surface area contributed by atoms with Crippen molar-refractivity contribution >= 4 is 28.2 Å². The maximum Gasteiger partial charge on any atom is 0.226 e. The number of hydrogen-bond donors (Lipinski definition) is 1. The van der Waals surface area contributed by atoms with Crippen LogP contribution in [0, 0.1) is 6.92 Å². The number of hydrogen-bond acceptors (Lipinski definition) is 5. The molecule has 2 rings (SSSR count). The fraction of sp³-hybridized carbons (Fsp3) is 0.375. The van der Waals surface area contributed by atoms with E-state index in [9.17, 15) is 9.59 Å². The molecule has 6 heteroatoms. The van der Waals surface area contributed by atoms with E-state index >= 15 is 0 Å². The highest BCUT2D eigenvalue weighted by molar-refractivity contribution is 7.15. The molecule has 22 heavy (non-hydrogen) atoms. The zero-order chi connectivity index (χ0) is 15.9. The molecule has 1 N–H and O–H groups in total. The van der Waals surface area contributed by atoms with Crippen molar-refractivity contribution in [3.8, 4) is 0 Å². The molecule has 0 spiro atoms. The van der Waals surface area contributed by atoms with E-state index in [0.717, 1.165) is 23.4 Å². The highest BCUT2D eigenvalue weighted by atomic mass is 32.1. The highest BCUT2D eigenvalue weighted by Crippen LogP contribution is 2.17. The molecule has 2 aromatic rings. The van der Waals surface area contributed by atoms with E-state index in [1.807, 2.05) is 19.1 Å². The molecule has 0 aliphatic heterocycles. The minimum atomic E-state index is -0.209. The van der Waals surface area contributed by atoms with Crippen LogP contribution in [0.25, 0.3) is 0 Å². The molecule has 0 unspecified atom stereocenters. The molecule has 0 saturated carbocycles. The number of nitrogens with one attached hydrogen (secondary N) is 1. The monoisotopic (exact) mass is 317 g/mol. The van der Waals surface area contributed by atoms with E-state index in [-0.39, 0.29) is 24.5 Å². The first-order valence-electron chi connectivity index (χ1n) is 7.30. The Morgan fingerprint density at radius 3 is 2.55 bits per heavy atom. The minimum absolute atomic E-state index is 0.0286. The van der Waals surface area contributed by atoms with E-state index < -0.39 is 0 Å². The van der Waals surface area contributed by atoms with Crippen molar-refractivity contribution < 1.29 is 9.59 Å². The summed E-state index contributed by atoms with van der Waals surface area (Å²) in [6.07, 6.45) is 2.19. The molecule has 1 amide bonds. The van der Waals surface area contributed by atoms with Crippen molar-refractivity contribution in [3.05, 3.63) is 40.4 Å². The van der Waals surface area contributed by atoms with E-state index in [1.54, 1.807) is 12.1 Å². The van der Waals surface area contributed by atoms with Crippen molar-refractivity contribution in [2.75, 3.05) is 5.32 Å². The highest BCUT2D eigenvalue weighted by Gasteiger charge is 2.11. The van der Waals surface area contributed by atoms with Crippen LogP contribution in [-0.4, -0.2) is 21.9 Å². The van der Waals surface area contributed by atoms with Gasteiger partial charge in [-0.15, -0.1) is 10.2 Å². The number of amides is 1. The Bertz CT molecular complexity index is 650. The van der Waals surface area contributed by atoms with Crippen LogP contribution in [0.1, 0.15) is 47.1 Å². The van der Waals surface area contributed by atoms with Gasteiger partial charge in [-0.25, -0.2) is 0 Å². The Morgan fingerprint density at radius 1 is 1.14 bits per heavy atom. The Balaban J connectivity index is 1.81. The van der Waals surface area contributed by atoms with Crippen molar-refractivity contribution in [1.82, 2.24) is 10.2 Å². The lowest BCUT2D eigenvalue weighted by Crippen LogP contribution is -2.13. The van der Waals surface area contributed by atoms with Gasteiger partial charge in [-0.1, -0.05) is 48.1 Å². The largest absolute Gasteiger partial charge is 0.301 e.